The van der Waals surface area contributed by atoms with E-state index < -0.39 is 10.0 Å². The molecule has 0 aliphatic rings. The number of aryl methyl sites for hydroxylation is 1. The zero-order chi connectivity index (χ0) is 15.6. The molecule has 0 radical (unpaired) electrons. The smallest absolute Gasteiger partial charge is 0.263 e. The van der Waals surface area contributed by atoms with Crippen LogP contribution in [-0.2, 0) is 10.0 Å². The summed E-state index contributed by atoms with van der Waals surface area (Å²) in [7, 11) is -2.28. The highest BCUT2D eigenvalue weighted by Gasteiger charge is 2.19. The van der Waals surface area contributed by atoms with E-state index in [4.69, 9.17) is 10.5 Å². The molecule has 0 spiro atoms. The lowest BCUT2D eigenvalue weighted by Crippen LogP contribution is -2.14. The molecule has 7 heteroatoms. The molecule has 21 heavy (non-hydrogen) atoms. The number of sulfonamides is 1. The highest BCUT2D eigenvalue weighted by molar-refractivity contribution is 9.10. The molecule has 3 N–H and O–H groups in total. The molecule has 0 saturated heterocycles. The second-order valence-corrected chi connectivity index (χ2v) is 7.00. The predicted octanol–water partition coefficient (Wildman–Crippen LogP) is 3.15. The summed E-state index contributed by atoms with van der Waals surface area (Å²) in [5.74, 6) is 0.399. The lowest BCUT2D eigenvalue weighted by Gasteiger charge is -2.13. The van der Waals surface area contributed by atoms with E-state index in [-0.39, 0.29) is 4.90 Å². The molecule has 0 saturated carbocycles. The van der Waals surface area contributed by atoms with Crippen molar-refractivity contribution in [2.24, 2.45) is 0 Å². The van der Waals surface area contributed by atoms with E-state index in [1.807, 2.05) is 6.92 Å². The average molecular weight is 371 g/mol. The fourth-order valence-electron chi connectivity index (χ4n) is 1.83. The number of methoxy groups -OCH3 is 1. The molecular formula is C14H15BrN2O3S. The van der Waals surface area contributed by atoms with Crippen LogP contribution in [0.25, 0.3) is 0 Å². The third-order valence-electron chi connectivity index (χ3n) is 2.84. The van der Waals surface area contributed by atoms with Crippen LogP contribution in [0, 0.1) is 6.92 Å². The zero-order valence-corrected chi connectivity index (χ0v) is 14.0. The van der Waals surface area contributed by atoms with Gasteiger partial charge in [0.05, 0.1) is 12.8 Å². The summed E-state index contributed by atoms with van der Waals surface area (Å²) in [4.78, 5) is 0.151. The van der Waals surface area contributed by atoms with Crippen LogP contribution < -0.4 is 15.2 Å². The van der Waals surface area contributed by atoms with Crippen LogP contribution in [0.2, 0.25) is 0 Å². The maximum atomic E-state index is 12.5. The van der Waals surface area contributed by atoms with Gasteiger partial charge in [0.1, 0.15) is 10.6 Å². The van der Waals surface area contributed by atoms with E-state index in [1.54, 1.807) is 30.3 Å². The molecule has 0 aliphatic carbocycles. The van der Waals surface area contributed by atoms with Gasteiger partial charge in [-0.15, -0.1) is 0 Å². The third kappa shape index (κ3) is 3.48. The van der Waals surface area contributed by atoms with Crippen molar-refractivity contribution in [3.8, 4) is 5.75 Å². The summed E-state index contributed by atoms with van der Waals surface area (Å²) in [6, 6.07) is 9.77. The summed E-state index contributed by atoms with van der Waals surface area (Å²) < 4.78 is 33.1. The molecule has 0 aromatic heterocycles. The Hall–Kier alpha value is -1.73. The SMILES string of the molecule is COc1ccc(N)cc1NS(=O)(=O)c1ccc(C)cc1Br. The Morgan fingerprint density at radius 3 is 2.52 bits per heavy atom. The van der Waals surface area contributed by atoms with Crippen molar-refractivity contribution in [3.63, 3.8) is 0 Å². The Bertz CT molecular complexity index is 776. The Labute approximate surface area is 132 Å². The number of hydrogen-bond donors (Lipinski definition) is 2. The molecule has 0 bridgehead atoms. The van der Waals surface area contributed by atoms with Crippen LogP contribution in [0.1, 0.15) is 5.56 Å². The number of nitrogen functional groups attached to an aromatic ring is 1. The molecule has 0 amide bonds. The average Bonchev–Trinajstić information content (AvgIpc) is 2.37. The predicted molar refractivity (Wildman–Crippen MR) is 87.1 cm³/mol. The van der Waals surface area contributed by atoms with Gasteiger partial charge in [-0.2, -0.15) is 0 Å². The number of hydrogen-bond acceptors (Lipinski definition) is 4. The monoisotopic (exact) mass is 370 g/mol. The Morgan fingerprint density at radius 2 is 1.90 bits per heavy atom. The first-order valence-electron chi connectivity index (χ1n) is 6.06. The lowest BCUT2D eigenvalue weighted by atomic mass is 10.2. The molecule has 2 rings (SSSR count). The number of ether oxygens (including phenoxy) is 1. The first kappa shape index (κ1) is 15.7. The second kappa shape index (κ2) is 5.95. The molecule has 2 aromatic rings. The standard InChI is InChI=1S/C14H15BrN2O3S/c1-9-3-6-14(11(15)7-9)21(18,19)17-12-8-10(16)4-5-13(12)20-2/h3-8,17H,16H2,1-2H3. The highest BCUT2D eigenvalue weighted by Crippen LogP contribution is 2.31. The van der Waals surface area contributed by atoms with Crippen molar-refractivity contribution in [2.75, 3.05) is 17.6 Å². The van der Waals surface area contributed by atoms with E-state index in [9.17, 15) is 8.42 Å². The van der Waals surface area contributed by atoms with Gasteiger partial charge in [-0.05, 0) is 58.7 Å². The van der Waals surface area contributed by atoms with E-state index >= 15 is 0 Å². The van der Waals surface area contributed by atoms with Gasteiger partial charge in [-0.25, -0.2) is 8.42 Å². The number of rotatable bonds is 4. The number of nitrogens with one attached hydrogen (secondary N) is 1. The van der Waals surface area contributed by atoms with Gasteiger partial charge >= 0.3 is 0 Å². The molecule has 0 heterocycles. The van der Waals surface area contributed by atoms with Crippen molar-refractivity contribution >= 4 is 37.3 Å². The van der Waals surface area contributed by atoms with Crippen LogP contribution >= 0.6 is 15.9 Å². The highest BCUT2D eigenvalue weighted by atomic mass is 79.9. The summed E-state index contributed by atoms with van der Waals surface area (Å²) in [6.07, 6.45) is 0. The fourth-order valence-corrected chi connectivity index (χ4v) is 4.08. The normalized spacial score (nSPS) is 11.2. The Morgan fingerprint density at radius 1 is 1.19 bits per heavy atom. The largest absolute Gasteiger partial charge is 0.495 e. The van der Waals surface area contributed by atoms with E-state index in [1.165, 1.54) is 13.2 Å². The van der Waals surface area contributed by atoms with Crippen molar-refractivity contribution in [1.29, 1.82) is 0 Å². The topological polar surface area (TPSA) is 81.4 Å². The first-order chi connectivity index (χ1) is 9.83. The molecule has 0 fully saturated rings. The second-order valence-electron chi connectivity index (χ2n) is 4.50. The van der Waals surface area contributed by atoms with Crippen LogP contribution in [0.5, 0.6) is 5.75 Å². The maximum Gasteiger partial charge on any atom is 0.263 e. The molecule has 5 nitrogen and oxygen atoms in total. The lowest BCUT2D eigenvalue weighted by molar-refractivity contribution is 0.417. The number of nitrogens with two attached hydrogens (primary N) is 1. The first-order valence-corrected chi connectivity index (χ1v) is 8.33. The summed E-state index contributed by atoms with van der Waals surface area (Å²) in [5.41, 5.74) is 7.39. The van der Waals surface area contributed by atoms with Gasteiger partial charge in [0.2, 0.25) is 0 Å². The number of benzene rings is 2. The maximum absolute atomic E-state index is 12.5. The fraction of sp³-hybridized carbons (Fsp3) is 0.143. The van der Waals surface area contributed by atoms with Crippen molar-refractivity contribution in [3.05, 3.63) is 46.4 Å². The van der Waals surface area contributed by atoms with Crippen molar-refractivity contribution in [2.45, 2.75) is 11.8 Å². The zero-order valence-electron chi connectivity index (χ0n) is 11.6. The molecule has 0 aliphatic heterocycles. The van der Waals surface area contributed by atoms with E-state index in [0.29, 0.717) is 21.6 Å². The minimum atomic E-state index is -3.74. The minimum Gasteiger partial charge on any atom is -0.495 e. The van der Waals surface area contributed by atoms with Gasteiger partial charge < -0.3 is 10.5 Å². The summed E-state index contributed by atoms with van der Waals surface area (Å²) >= 11 is 3.27. The van der Waals surface area contributed by atoms with Gasteiger partial charge in [-0.1, -0.05) is 6.07 Å². The summed E-state index contributed by atoms with van der Waals surface area (Å²) in [6.45, 7) is 1.88. The number of halogens is 1. The van der Waals surface area contributed by atoms with E-state index in [0.717, 1.165) is 5.56 Å². The van der Waals surface area contributed by atoms with E-state index in [2.05, 4.69) is 20.7 Å². The Balaban J connectivity index is 2.44. The third-order valence-corrected chi connectivity index (χ3v) is 5.19. The minimum absolute atomic E-state index is 0.151. The quantitative estimate of drug-likeness (QED) is 0.809. The van der Waals surface area contributed by atoms with Gasteiger partial charge in [0.25, 0.3) is 10.0 Å². The van der Waals surface area contributed by atoms with Crippen molar-refractivity contribution in [1.82, 2.24) is 0 Å². The molecular weight excluding hydrogens is 356 g/mol. The van der Waals surface area contributed by atoms with Gasteiger partial charge in [0, 0.05) is 10.2 Å². The summed E-state index contributed by atoms with van der Waals surface area (Å²) in [5, 5.41) is 0. The van der Waals surface area contributed by atoms with Gasteiger partial charge in [0.15, 0.2) is 0 Å². The Kier molecular flexibility index (Phi) is 4.43. The van der Waals surface area contributed by atoms with Crippen LogP contribution in [0.15, 0.2) is 45.8 Å². The van der Waals surface area contributed by atoms with Gasteiger partial charge in [-0.3, -0.25) is 4.72 Å². The number of anilines is 2. The van der Waals surface area contributed by atoms with Crippen LogP contribution in [0.3, 0.4) is 0 Å². The molecule has 0 unspecified atom stereocenters. The van der Waals surface area contributed by atoms with Crippen molar-refractivity contribution < 1.29 is 13.2 Å². The molecule has 0 atom stereocenters. The molecule has 2 aromatic carbocycles. The molecule has 112 valence electrons. The van der Waals surface area contributed by atoms with Crippen LogP contribution in [-0.4, -0.2) is 15.5 Å². The van der Waals surface area contributed by atoms with Crippen LogP contribution in [0.4, 0.5) is 11.4 Å².